The van der Waals surface area contributed by atoms with E-state index in [2.05, 4.69) is 10.9 Å². The third-order valence-electron chi connectivity index (χ3n) is 4.09. The molecule has 0 aliphatic heterocycles. The SMILES string of the molecule is O=C(NNC(=O)C1C2C=CC(C2)C1C(=O)O)c1cccs1. The number of thiophene rings is 1. The molecule has 2 aliphatic carbocycles. The Bertz CT molecular complexity index is 611. The van der Waals surface area contributed by atoms with Crippen molar-refractivity contribution >= 4 is 29.1 Å². The normalized spacial score (nSPS) is 29.3. The van der Waals surface area contributed by atoms with E-state index >= 15 is 0 Å². The number of hydrogen-bond acceptors (Lipinski definition) is 4. The number of allylic oxidation sites excluding steroid dienone is 2. The monoisotopic (exact) mass is 306 g/mol. The van der Waals surface area contributed by atoms with Gasteiger partial charge in [0.2, 0.25) is 5.91 Å². The Hall–Kier alpha value is -2.15. The van der Waals surface area contributed by atoms with E-state index in [1.54, 1.807) is 17.5 Å². The summed E-state index contributed by atoms with van der Waals surface area (Å²) < 4.78 is 0. The number of hydrogen-bond donors (Lipinski definition) is 3. The predicted molar refractivity (Wildman–Crippen MR) is 75.3 cm³/mol. The number of fused-ring (bicyclic) bond motifs is 2. The summed E-state index contributed by atoms with van der Waals surface area (Å²) >= 11 is 1.26. The fraction of sp³-hybridized carbons (Fsp3) is 0.357. The molecule has 7 heteroatoms. The summed E-state index contributed by atoms with van der Waals surface area (Å²) in [7, 11) is 0. The molecule has 1 saturated carbocycles. The highest BCUT2D eigenvalue weighted by atomic mass is 32.1. The number of carbonyl (C=O) groups is 3. The second kappa shape index (κ2) is 5.33. The van der Waals surface area contributed by atoms with Gasteiger partial charge in [-0.3, -0.25) is 25.2 Å². The number of carboxylic acid groups (broad SMARTS) is 1. The van der Waals surface area contributed by atoms with E-state index in [4.69, 9.17) is 0 Å². The fourth-order valence-corrected chi connectivity index (χ4v) is 3.81. The van der Waals surface area contributed by atoms with Gasteiger partial charge in [-0.15, -0.1) is 11.3 Å². The van der Waals surface area contributed by atoms with Crippen molar-refractivity contribution in [1.29, 1.82) is 0 Å². The molecule has 3 N–H and O–H groups in total. The molecule has 21 heavy (non-hydrogen) atoms. The second-order valence-electron chi connectivity index (χ2n) is 5.26. The third-order valence-corrected chi connectivity index (χ3v) is 4.96. The van der Waals surface area contributed by atoms with Crippen LogP contribution in [0, 0.1) is 23.7 Å². The van der Waals surface area contributed by atoms with Crippen molar-refractivity contribution in [2.45, 2.75) is 6.42 Å². The van der Waals surface area contributed by atoms with Crippen LogP contribution in [0.15, 0.2) is 29.7 Å². The minimum absolute atomic E-state index is 0.0604. The molecule has 1 fully saturated rings. The maximum Gasteiger partial charge on any atom is 0.307 e. The molecule has 0 aromatic carbocycles. The number of rotatable bonds is 3. The number of carbonyl (C=O) groups excluding carboxylic acids is 2. The fourth-order valence-electron chi connectivity index (χ4n) is 3.19. The molecule has 0 radical (unpaired) electrons. The summed E-state index contributed by atoms with van der Waals surface area (Å²) in [5.41, 5.74) is 4.69. The van der Waals surface area contributed by atoms with E-state index < -0.39 is 29.6 Å². The van der Waals surface area contributed by atoms with Crippen LogP contribution in [0.1, 0.15) is 16.1 Å². The van der Waals surface area contributed by atoms with Gasteiger partial charge < -0.3 is 5.11 Å². The van der Waals surface area contributed by atoms with Gasteiger partial charge in [-0.1, -0.05) is 18.2 Å². The van der Waals surface area contributed by atoms with Crippen molar-refractivity contribution in [3.63, 3.8) is 0 Å². The van der Waals surface area contributed by atoms with Crippen LogP contribution in [0.25, 0.3) is 0 Å². The van der Waals surface area contributed by atoms with Crippen molar-refractivity contribution in [3.05, 3.63) is 34.5 Å². The minimum atomic E-state index is -0.961. The van der Waals surface area contributed by atoms with Gasteiger partial charge in [0.15, 0.2) is 0 Å². The van der Waals surface area contributed by atoms with Crippen molar-refractivity contribution < 1.29 is 19.5 Å². The number of amides is 2. The Morgan fingerprint density at radius 2 is 1.86 bits per heavy atom. The van der Waals surface area contributed by atoms with Gasteiger partial charge in [-0.05, 0) is 29.7 Å². The van der Waals surface area contributed by atoms with Crippen molar-refractivity contribution in [1.82, 2.24) is 10.9 Å². The standard InChI is InChI=1S/C14H14N2O4S/c17-12(9-2-1-5-21-9)15-16-13(18)10-7-3-4-8(6-7)11(10)14(19)20/h1-5,7-8,10-11H,6H2,(H,15,17)(H,16,18)(H,19,20). The zero-order valence-corrected chi connectivity index (χ0v) is 11.8. The molecule has 4 unspecified atom stereocenters. The molecule has 3 rings (SSSR count). The van der Waals surface area contributed by atoms with Crippen LogP contribution in [0.4, 0.5) is 0 Å². The van der Waals surface area contributed by atoms with Gasteiger partial charge in [-0.2, -0.15) is 0 Å². The minimum Gasteiger partial charge on any atom is -0.481 e. The average molecular weight is 306 g/mol. The van der Waals surface area contributed by atoms with Gasteiger partial charge in [0.1, 0.15) is 0 Å². The molecular weight excluding hydrogens is 292 g/mol. The lowest BCUT2D eigenvalue weighted by Gasteiger charge is -2.23. The van der Waals surface area contributed by atoms with E-state index in [1.807, 2.05) is 12.2 Å². The average Bonchev–Trinajstić information content (AvgIpc) is 3.17. The molecular formula is C14H14N2O4S. The molecule has 0 spiro atoms. The van der Waals surface area contributed by atoms with Crippen molar-refractivity contribution in [2.24, 2.45) is 23.7 Å². The van der Waals surface area contributed by atoms with Crippen molar-refractivity contribution in [3.8, 4) is 0 Å². The zero-order chi connectivity index (χ0) is 15.0. The Balaban J connectivity index is 1.64. The highest BCUT2D eigenvalue weighted by Crippen LogP contribution is 2.48. The zero-order valence-electron chi connectivity index (χ0n) is 11.0. The summed E-state index contributed by atoms with van der Waals surface area (Å²) in [6.07, 6.45) is 4.46. The first-order valence-electron chi connectivity index (χ1n) is 6.62. The first-order valence-corrected chi connectivity index (χ1v) is 7.50. The van der Waals surface area contributed by atoms with E-state index in [0.29, 0.717) is 11.3 Å². The lowest BCUT2D eigenvalue weighted by atomic mass is 9.82. The van der Waals surface area contributed by atoms with Gasteiger partial charge in [0.05, 0.1) is 16.7 Å². The van der Waals surface area contributed by atoms with Gasteiger partial charge in [0.25, 0.3) is 5.91 Å². The summed E-state index contributed by atoms with van der Waals surface area (Å²) in [4.78, 5) is 35.8. The first-order chi connectivity index (χ1) is 10.1. The Morgan fingerprint density at radius 1 is 1.14 bits per heavy atom. The number of hydrazine groups is 1. The van der Waals surface area contributed by atoms with Crippen LogP contribution in [0.5, 0.6) is 0 Å². The Labute approximate surface area is 124 Å². The predicted octanol–water partition coefficient (Wildman–Crippen LogP) is 1.03. The van der Waals surface area contributed by atoms with E-state index in [1.165, 1.54) is 11.3 Å². The number of carboxylic acids is 1. The molecule has 1 heterocycles. The van der Waals surface area contributed by atoms with Gasteiger partial charge in [0, 0.05) is 0 Å². The summed E-state index contributed by atoms with van der Waals surface area (Å²) in [6.45, 7) is 0. The summed E-state index contributed by atoms with van der Waals surface area (Å²) in [5, 5.41) is 11.0. The Kier molecular flexibility index (Phi) is 3.50. The van der Waals surface area contributed by atoms with Gasteiger partial charge in [-0.25, -0.2) is 0 Å². The molecule has 2 aliphatic rings. The quantitative estimate of drug-likeness (QED) is 0.574. The molecule has 2 amide bonds. The first kappa shape index (κ1) is 13.8. The lowest BCUT2D eigenvalue weighted by Crippen LogP contribution is -2.48. The largest absolute Gasteiger partial charge is 0.481 e. The van der Waals surface area contributed by atoms with Crippen LogP contribution < -0.4 is 10.9 Å². The van der Waals surface area contributed by atoms with Crippen LogP contribution in [-0.2, 0) is 9.59 Å². The van der Waals surface area contributed by atoms with Crippen LogP contribution in [-0.4, -0.2) is 22.9 Å². The highest BCUT2D eigenvalue weighted by molar-refractivity contribution is 7.12. The maximum absolute atomic E-state index is 12.2. The number of aliphatic carboxylic acids is 1. The maximum atomic E-state index is 12.2. The van der Waals surface area contributed by atoms with Crippen LogP contribution >= 0.6 is 11.3 Å². The highest BCUT2D eigenvalue weighted by Gasteiger charge is 2.51. The molecule has 2 bridgehead atoms. The summed E-state index contributed by atoms with van der Waals surface area (Å²) in [5.74, 6) is -3.28. The smallest absolute Gasteiger partial charge is 0.307 e. The van der Waals surface area contributed by atoms with Crippen LogP contribution in [0.2, 0.25) is 0 Å². The molecule has 4 atom stereocenters. The summed E-state index contributed by atoms with van der Waals surface area (Å²) in [6, 6.07) is 3.38. The molecule has 0 saturated heterocycles. The molecule has 110 valence electrons. The van der Waals surface area contributed by atoms with E-state index in [9.17, 15) is 19.5 Å². The Morgan fingerprint density at radius 3 is 2.48 bits per heavy atom. The lowest BCUT2D eigenvalue weighted by molar-refractivity contribution is -0.148. The topological polar surface area (TPSA) is 95.5 Å². The molecule has 1 aromatic rings. The van der Waals surface area contributed by atoms with E-state index in [0.717, 1.165) is 0 Å². The second-order valence-corrected chi connectivity index (χ2v) is 6.21. The van der Waals surface area contributed by atoms with Crippen LogP contribution in [0.3, 0.4) is 0 Å². The van der Waals surface area contributed by atoms with Gasteiger partial charge >= 0.3 is 5.97 Å². The van der Waals surface area contributed by atoms with E-state index in [-0.39, 0.29) is 11.8 Å². The van der Waals surface area contributed by atoms with Crippen molar-refractivity contribution in [2.75, 3.05) is 0 Å². The third kappa shape index (κ3) is 2.44. The molecule has 1 aromatic heterocycles. The molecule has 6 nitrogen and oxygen atoms in total. The number of nitrogens with one attached hydrogen (secondary N) is 2.